The first-order valence-corrected chi connectivity index (χ1v) is 11.5. The Morgan fingerprint density at radius 1 is 0.486 bits per heavy atom. The molecule has 1 N–H and O–H groups in total. The van der Waals surface area contributed by atoms with Gasteiger partial charge in [0.15, 0.2) is 0 Å². The molecule has 4 heteroatoms. The molecule has 0 saturated carbocycles. The normalized spacial score (nSPS) is 10.9. The van der Waals surface area contributed by atoms with Gasteiger partial charge in [-0.1, -0.05) is 72.8 Å². The zero-order valence-corrected chi connectivity index (χ0v) is 19.1. The summed E-state index contributed by atoms with van der Waals surface area (Å²) in [7, 11) is 0. The summed E-state index contributed by atoms with van der Waals surface area (Å²) in [6, 6.07) is 45.8. The number of phenolic OH excluding ortho intramolecular Hbond substituents is 1. The van der Waals surface area contributed by atoms with Crippen molar-refractivity contribution in [1.82, 2.24) is 0 Å². The third-order valence-corrected chi connectivity index (χ3v) is 5.61. The molecule has 0 bridgehead atoms. The van der Waals surface area contributed by atoms with Crippen LogP contribution in [0.2, 0.25) is 0 Å². The van der Waals surface area contributed by atoms with E-state index in [1.54, 1.807) is 12.3 Å². The third kappa shape index (κ3) is 5.07. The van der Waals surface area contributed by atoms with Gasteiger partial charge in [-0.15, -0.1) is 0 Å². The average Bonchev–Trinajstić information content (AvgIpc) is 2.92. The van der Waals surface area contributed by atoms with Crippen molar-refractivity contribution in [2.45, 2.75) is 0 Å². The summed E-state index contributed by atoms with van der Waals surface area (Å²) >= 11 is 0. The van der Waals surface area contributed by atoms with Gasteiger partial charge in [0, 0.05) is 28.7 Å². The van der Waals surface area contributed by atoms with Crippen LogP contribution in [-0.4, -0.2) is 11.3 Å². The highest BCUT2D eigenvalue weighted by atomic mass is 16.3. The van der Waals surface area contributed by atoms with E-state index < -0.39 is 0 Å². The summed E-state index contributed by atoms with van der Waals surface area (Å²) in [5, 5.41) is 17.5. The number of hydrazone groups is 1. The molecule has 0 aliphatic rings. The van der Waals surface area contributed by atoms with Crippen molar-refractivity contribution >= 4 is 34.7 Å². The Morgan fingerprint density at radius 3 is 1.34 bits per heavy atom. The molecule has 0 fully saturated rings. The molecular weight excluding hydrogens is 430 g/mol. The van der Waals surface area contributed by atoms with Crippen LogP contribution in [0.3, 0.4) is 0 Å². The second kappa shape index (κ2) is 10.4. The zero-order chi connectivity index (χ0) is 23.9. The zero-order valence-electron chi connectivity index (χ0n) is 19.1. The lowest BCUT2D eigenvalue weighted by molar-refractivity contribution is 0.474. The molecule has 4 nitrogen and oxygen atoms in total. The highest BCUT2D eigenvalue weighted by Gasteiger charge is 2.14. The Kier molecular flexibility index (Phi) is 6.54. The van der Waals surface area contributed by atoms with E-state index in [0.717, 1.165) is 28.4 Å². The summed E-state index contributed by atoms with van der Waals surface area (Å²) in [6.45, 7) is 0. The quantitative estimate of drug-likeness (QED) is 0.199. The lowest BCUT2D eigenvalue weighted by atomic mass is 10.1. The summed E-state index contributed by atoms with van der Waals surface area (Å²) in [5.74, 6) is 0.157. The Labute approximate surface area is 205 Å². The van der Waals surface area contributed by atoms with Crippen molar-refractivity contribution in [2.24, 2.45) is 5.10 Å². The second-order valence-electron chi connectivity index (χ2n) is 7.98. The van der Waals surface area contributed by atoms with Gasteiger partial charge in [-0.25, -0.2) is 5.01 Å². The van der Waals surface area contributed by atoms with E-state index in [4.69, 9.17) is 5.10 Å². The number of hydrogen-bond donors (Lipinski definition) is 1. The van der Waals surface area contributed by atoms with Gasteiger partial charge in [0.25, 0.3) is 0 Å². The highest BCUT2D eigenvalue weighted by molar-refractivity contribution is 5.87. The molecule has 0 heterocycles. The van der Waals surface area contributed by atoms with Crippen LogP contribution in [0.1, 0.15) is 5.56 Å². The average molecular weight is 456 g/mol. The molecule has 0 aromatic heterocycles. The minimum atomic E-state index is 0.157. The van der Waals surface area contributed by atoms with Gasteiger partial charge in [-0.05, 0) is 60.7 Å². The first-order valence-electron chi connectivity index (χ1n) is 11.5. The highest BCUT2D eigenvalue weighted by Crippen LogP contribution is 2.36. The number of anilines is 5. The van der Waals surface area contributed by atoms with Gasteiger partial charge >= 0.3 is 0 Å². The fourth-order valence-electron chi connectivity index (χ4n) is 3.92. The smallest absolute Gasteiger partial charge is 0.126 e. The Bertz CT molecular complexity index is 1310. The van der Waals surface area contributed by atoms with Gasteiger partial charge in [0.1, 0.15) is 5.75 Å². The Balaban J connectivity index is 1.49. The molecule has 0 amide bonds. The first kappa shape index (κ1) is 22.0. The number of nitrogens with zero attached hydrogens (tertiary/aromatic N) is 3. The van der Waals surface area contributed by atoms with Crippen molar-refractivity contribution in [3.05, 3.63) is 145 Å². The maximum Gasteiger partial charge on any atom is 0.126 e. The molecule has 5 rings (SSSR count). The summed E-state index contributed by atoms with van der Waals surface area (Å²) in [6.07, 6.45) is 1.69. The molecule has 0 aliphatic heterocycles. The molecule has 5 aromatic rings. The predicted molar refractivity (Wildman–Crippen MR) is 145 cm³/mol. The molecule has 0 atom stereocenters. The molecule has 0 saturated heterocycles. The lowest BCUT2D eigenvalue weighted by Crippen LogP contribution is -2.10. The van der Waals surface area contributed by atoms with Gasteiger partial charge in [-0.3, -0.25) is 0 Å². The van der Waals surface area contributed by atoms with Crippen LogP contribution >= 0.6 is 0 Å². The summed E-state index contributed by atoms with van der Waals surface area (Å²) in [4.78, 5) is 2.11. The van der Waals surface area contributed by atoms with E-state index in [0.29, 0.717) is 5.56 Å². The van der Waals surface area contributed by atoms with Gasteiger partial charge in [0.05, 0.1) is 17.6 Å². The SMILES string of the molecule is Oc1cc(N(c2ccccc2)c2ccccc2)ccc1C=NN(c1ccccc1)c1ccccc1. The topological polar surface area (TPSA) is 39.1 Å². The number of benzene rings is 5. The van der Waals surface area contributed by atoms with E-state index in [1.807, 2.05) is 114 Å². The minimum absolute atomic E-state index is 0.157. The summed E-state index contributed by atoms with van der Waals surface area (Å²) < 4.78 is 0. The first-order chi connectivity index (χ1) is 17.3. The number of aromatic hydroxyl groups is 1. The van der Waals surface area contributed by atoms with Crippen LogP contribution in [0.25, 0.3) is 0 Å². The van der Waals surface area contributed by atoms with Gasteiger partial charge in [0.2, 0.25) is 0 Å². The van der Waals surface area contributed by atoms with Crippen molar-refractivity contribution in [1.29, 1.82) is 0 Å². The van der Waals surface area contributed by atoms with Crippen LogP contribution in [-0.2, 0) is 0 Å². The molecule has 0 aliphatic carbocycles. The molecule has 170 valence electrons. The van der Waals surface area contributed by atoms with E-state index in [2.05, 4.69) is 29.2 Å². The van der Waals surface area contributed by atoms with Crippen molar-refractivity contribution in [3.8, 4) is 5.75 Å². The van der Waals surface area contributed by atoms with Gasteiger partial charge < -0.3 is 10.0 Å². The monoisotopic (exact) mass is 455 g/mol. The summed E-state index contributed by atoms with van der Waals surface area (Å²) in [5.41, 5.74) is 5.39. The fourth-order valence-corrected chi connectivity index (χ4v) is 3.92. The van der Waals surface area contributed by atoms with Crippen molar-refractivity contribution in [3.63, 3.8) is 0 Å². The van der Waals surface area contributed by atoms with Crippen molar-refractivity contribution in [2.75, 3.05) is 9.91 Å². The molecule has 0 unspecified atom stereocenters. The lowest BCUT2D eigenvalue weighted by Gasteiger charge is -2.25. The molecular formula is C31H25N3O. The van der Waals surface area contributed by atoms with E-state index in [-0.39, 0.29) is 5.75 Å². The number of hydrogen-bond acceptors (Lipinski definition) is 4. The van der Waals surface area contributed by atoms with Crippen LogP contribution in [0, 0.1) is 0 Å². The number of rotatable bonds is 7. The number of phenols is 1. The van der Waals surface area contributed by atoms with Crippen LogP contribution < -0.4 is 9.91 Å². The largest absolute Gasteiger partial charge is 0.507 e. The molecule has 5 aromatic carbocycles. The standard InChI is InChI=1S/C31H25N3O/c35-31-23-30(33(26-13-5-1-6-14-26)27-15-7-2-8-16-27)22-21-25(31)24-32-34(28-17-9-3-10-18-28)29-19-11-4-12-20-29/h1-24,35H. The maximum absolute atomic E-state index is 11.0. The third-order valence-electron chi connectivity index (χ3n) is 5.61. The molecule has 35 heavy (non-hydrogen) atoms. The molecule has 0 radical (unpaired) electrons. The minimum Gasteiger partial charge on any atom is -0.507 e. The Morgan fingerprint density at radius 2 is 0.914 bits per heavy atom. The van der Waals surface area contributed by atoms with Gasteiger partial charge in [-0.2, -0.15) is 5.10 Å². The maximum atomic E-state index is 11.0. The van der Waals surface area contributed by atoms with Crippen LogP contribution in [0.4, 0.5) is 28.4 Å². The Hall–Kier alpha value is -4.83. The fraction of sp³-hybridized carbons (Fsp3) is 0. The van der Waals surface area contributed by atoms with E-state index in [1.165, 1.54) is 0 Å². The molecule has 0 spiro atoms. The van der Waals surface area contributed by atoms with Crippen molar-refractivity contribution < 1.29 is 5.11 Å². The van der Waals surface area contributed by atoms with Crippen LogP contribution in [0.15, 0.2) is 145 Å². The van der Waals surface area contributed by atoms with Crippen LogP contribution in [0.5, 0.6) is 5.75 Å². The van der Waals surface area contributed by atoms with E-state index >= 15 is 0 Å². The predicted octanol–water partition coefficient (Wildman–Crippen LogP) is 8.03. The van der Waals surface area contributed by atoms with E-state index in [9.17, 15) is 5.11 Å². The second-order valence-corrected chi connectivity index (χ2v) is 7.98. The number of para-hydroxylation sites is 4.